The Hall–Kier alpha value is -1.35. The smallest absolute Gasteiger partial charge is 0.185 e. The molecule has 0 saturated carbocycles. The Balaban J connectivity index is 1.78. The van der Waals surface area contributed by atoms with E-state index in [0.29, 0.717) is 0 Å². The van der Waals surface area contributed by atoms with Gasteiger partial charge in [0.05, 0.1) is 5.69 Å². The standard InChI is InChI=1S/C15H18N2S/c1-12-7-9-17(10-8-12)15-16-14(11-18-15)13-5-3-2-4-6-13/h2-6,11-12H,7-10H2,1H3. The zero-order chi connectivity index (χ0) is 12.4. The van der Waals surface area contributed by atoms with Crippen LogP contribution in [0, 0.1) is 5.92 Å². The van der Waals surface area contributed by atoms with Gasteiger partial charge in [0.1, 0.15) is 0 Å². The van der Waals surface area contributed by atoms with Gasteiger partial charge < -0.3 is 4.90 Å². The van der Waals surface area contributed by atoms with Crippen LogP contribution in [0.1, 0.15) is 19.8 Å². The fourth-order valence-electron chi connectivity index (χ4n) is 2.35. The van der Waals surface area contributed by atoms with E-state index in [-0.39, 0.29) is 0 Å². The minimum Gasteiger partial charge on any atom is -0.348 e. The highest BCUT2D eigenvalue weighted by atomic mass is 32.1. The Kier molecular flexibility index (Phi) is 3.33. The minimum absolute atomic E-state index is 0.870. The average molecular weight is 258 g/mol. The van der Waals surface area contributed by atoms with Crippen molar-refractivity contribution in [3.05, 3.63) is 35.7 Å². The maximum atomic E-state index is 4.77. The van der Waals surface area contributed by atoms with Crippen LogP contribution in [0.5, 0.6) is 0 Å². The average Bonchev–Trinajstić information content (AvgIpc) is 2.90. The van der Waals surface area contributed by atoms with Crippen molar-refractivity contribution in [1.29, 1.82) is 0 Å². The molecule has 0 aliphatic carbocycles. The molecule has 3 heteroatoms. The van der Waals surface area contributed by atoms with Crippen molar-refractivity contribution in [1.82, 2.24) is 4.98 Å². The Morgan fingerprint density at radius 1 is 1.17 bits per heavy atom. The molecule has 0 unspecified atom stereocenters. The lowest BCUT2D eigenvalue weighted by molar-refractivity contribution is 0.438. The van der Waals surface area contributed by atoms with E-state index >= 15 is 0 Å². The molecule has 1 aliphatic rings. The molecule has 1 aromatic heterocycles. The molecule has 1 aromatic carbocycles. The quantitative estimate of drug-likeness (QED) is 0.808. The number of rotatable bonds is 2. The van der Waals surface area contributed by atoms with Gasteiger partial charge in [0.25, 0.3) is 0 Å². The van der Waals surface area contributed by atoms with Crippen molar-refractivity contribution >= 4 is 16.5 Å². The third kappa shape index (κ3) is 2.41. The van der Waals surface area contributed by atoms with Crippen LogP contribution >= 0.6 is 11.3 Å². The normalized spacial score (nSPS) is 17.1. The van der Waals surface area contributed by atoms with Gasteiger partial charge in [-0.3, -0.25) is 0 Å². The van der Waals surface area contributed by atoms with E-state index in [1.54, 1.807) is 11.3 Å². The summed E-state index contributed by atoms with van der Waals surface area (Å²) in [6, 6.07) is 10.4. The molecular weight excluding hydrogens is 240 g/mol. The van der Waals surface area contributed by atoms with Gasteiger partial charge in [-0.15, -0.1) is 11.3 Å². The largest absolute Gasteiger partial charge is 0.348 e. The summed E-state index contributed by atoms with van der Waals surface area (Å²) in [5.41, 5.74) is 2.32. The number of piperidine rings is 1. The van der Waals surface area contributed by atoms with Crippen LogP contribution in [0.15, 0.2) is 35.7 Å². The van der Waals surface area contributed by atoms with Crippen LogP contribution in [0.2, 0.25) is 0 Å². The van der Waals surface area contributed by atoms with E-state index in [0.717, 1.165) is 24.7 Å². The van der Waals surface area contributed by atoms with Crippen LogP contribution in [0.4, 0.5) is 5.13 Å². The van der Waals surface area contributed by atoms with Gasteiger partial charge in [0.15, 0.2) is 5.13 Å². The number of hydrogen-bond donors (Lipinski definition) is 0. The van der Waals surface area contributed by atoms with Crippen LogP contribution in [-0.4, -0.2) is 18.1 Å². The van der Waals surface area contributed by atoms with Gasteiger partial charge in [-0.25, -0.2) is 4.98 Å². The SMILES string of the molecule is CC1CCN(c2nc(-c3ccccc3)cs2)CC1. The zero-order valence-electron chi connectivity index (χ0n) is 10.7. The Morgan fingerprint density at radius 2 is 1.89 bits per heavy atom. The first-order valence-corrected chi connectivity index (χ1v) is 7.47. The summed E-state index contributed by atoms with van der Waals surface area (Å²) in [6.45, 7) is 4.65. The molecule has 0 atom stereocenters. The molecule has 0 spiro atoms. The zero-order valence-corrected chi connectivity index (χ0v) is 11.5. The fourth-order valence-corrected chi connectivity index (χ4v) is 3.24. The molecule has 0 bridgehead atoms. The molecule has 94 valence electrons. The molecular formula is C15H18N2S. The molecule has 2 nitrogen and oxygen atoms in total. The van der Waals surface area contributed by atoms with E-state index in [9.17, 15) is 0 Å². The highest BCUT2D eigenvalue weighted by Crippen LogP contribution is 2.29. The van der Waals surface area contributed by atoms with Crippen LogP contribution in [-0.2, 0) is 0 Å². The van der Waals surface area contributed by atoms with Crippen LogP contribution in [0.25, 0.3) is 11.3 Å². The van der Waals surface area contributed by atoms with E-state index in [4.69, 9.17) is 4.98 Å². The molecule has 1 saturated heterocycles. The third-order valence-corrected chi connectivity index (χ3v) is 4.52. The molecule has 18 heavy (non-hydrogen) atoms. The van der Waals surface area contributed by atoms with Crippen molar-refractivity contribution in [2.75, 3.05) is 18.0 Å². The van der Waals surface area contributed by atoms with Crippen molar-refractivity contribution in [3.8, 4) is 11.3 Å². The third-order valence-electron chi connectivity index (χ3n) is 3.62. The Bertz CT molecular complexity index is 498. The molecule has 1 fully saturated rings. The molecule has 0 radical (unpaired) electrons. The van der Waals surface area contributed by atoms with Crippen molar-refractivity contribution < 1.29 is 0 Å². The maximum absolute atomic E-state index is 4.77. The fraction of sp³-hybridized carbons (Fsp3) is 0.400. The highest BCUT2D eigenvalue weighted by molar-refractivity contribution is 7.14. The predicted molar refractivity (Wildman–Crippen MR) is 78.2 cm³/mol. The Labute approximate surface area is 112 Å². The van der Waals surface area contributed by atoms with Gasteiger partial charge in [-0.2, -0.15) is 0 Å². The van der Waals surface area contributed by atoms with E-state index in [1.165, 1.54) is 23.5 Å². The van der Waals surface area contributed by atoms with Crippen LogP contribution < -0.4 is 4.90 Å². The van der Waals surface area contributed by atoms with Crippen molar-refractivity contribution in [3.63, 3.8) is 0 Å². The molecule has 2 heterocycles. The second kappa shape index (κ2) is 5.11. The summed E-state index contributed by atoms with van der Waals surface area (Å²) in [6.07, 6.45) is 2.58. The monoisotopic (exact) mass is 258 g/mol. The lowest BCUT2D eigenvalue weighted by atomic mass is 10.00. The number of thiazole rings is 1. The summed E-state index contributed by atoms with van der Waals surface area (Å²) in [5.74, 6) is 0.870. The van der Waals surface area contributed by atoms with E-state index in [1.807, 2.05) is 6.07 Å². The second-order valence-electron chi connectivity index (χ2n) is 5.05. The number of anilines is 1. The molecule has 3 rings (SSSR count). The first-order chi connectivity index (χ1) is 8.83. The lowest BCUT2D eigenvalue weighted by Crippen LogP contribution is -2.32. The maximum Gasteiger partial charge on any atom is 0.185 e. The molecule has 1 aliphatic heterocycles. The molecule has 0 N–H and O–H groups in total. The van der Waals surface area contributed by atoms with E-state index in [2.05, 4.69) is 41.5 Å². The summed E-state index contributed by atoms with van der Waals surface area (Å²) >= 11 is 1.77. The van der Waals surface area contributed by atoms with Gasteiger partial charge in [0, 0.05) is 24.0 Å². The van der Waals surface area contributed by atoms with Crippen LogP contribution in [0.3, 0.4) is 0 Å². The summed E-state index contributed by atoms with van der Waals surface area (Å²) in [4.78, 5) is 7.20. The first kappa shape index (κ1) is 11.7. The second-order valence-corrected chi connectivity index (χ2v) is 5.89. The Morgan fingerprint density at radius 3 is 2.61 bits per heavy atom. The predicted octanol–water partition coefficient (Wildman–Crippen LogP) is 4.05. The highest BCUT2D eigenvalue weighted by Gasteiger charge is 2.18. The lowest BCUT2D eigenvalue weighted by Gasteiger charge is -2.29. The first-order valence-electron chi connectivity index (χ1n) is 6.59. The van der Waals surface area contributed by atoms with E-state index < -0.39 is 0 Å². The number of nitrogens with zero attached hydrogens (tertiary/aromatic N) is 2. The van der Waals surface area contributed by atoms with Crippen molar-refractivity contribution in [2.24, 2.45) is 5.92 Å². The van der Waals surface area contributed by atoms with Crippen molar-refractivity contribution in [2.45, 2.75) is 19.8 Å². The minimum atomic E-state index is 0.870. The topological polar surface area (TPSA) is 16.1 Å². The number of hydrogen-bond acceptors (Lipinski definition) is 3. The summed E-state index contributed by atoms with van der Waals surface area (Å²) in [7, 11) is 0. The molecule has 0 amide bonds. The number of aromatic nitrogens is 1. The van der Waals surface area contributed by atoms with Gasteiger partial charge >= 0.3 is 0 Å². The summed E-state index contributed by atoms with van der Waals surface area (Å²) in [5, 5.41) is 3.35. The summed E-state index contributed by atoms with van der Waals surface area (Å²) < 4.78 is 0. The van der Waals surface area contributed by atoms with Gasteiger partial charge in [0.2, 0.25) is 0 Å². The van der Waals surface area contributed by atoms with Gasteiger partial charge in [-0.1, -0.05) is 37.3 Å². The number of benzene rings is 1. The van der Waals surface area contributed by atoms with Gasteiger partial charge in [-0.05, 0) is 18.8 Å². The molecule has 2 aromatic rings.